The van der Waals surface area contributed by atoms with Crippen LogP contribution >= 0.6 is 0 Å². The normalized spacial score (nSPS) is 11.6. The van der Waals surface area contributed by atoms with Crippen molar-refractivity contribution in [1.29, 1.82) is 0 Å². The predicted octanol–water partition coefficient (Wildman–Crippen LogP) is 1.10. The van der Waals surface area contributed by atoms with E-state index in [1.165, 1.54) is 14.2 Å². The molecule has 0 saturated carbocycles. The Bertz CT molecular complexity index is 237. The summed E-state index contributed by atoms with van der Waals surface area (Å²) in [6, 6.07) is 0. The summed E-state index contributed by atoms with van der Waals surface area (Å²) in [5, 5.41) is 0. The van der Waals surface area contributed by atoms with Gasteiger partial charge in [0.05, 0.1) is 20.6 Å². The fraction of sp³-hybridized carbons (Fsp3) is 0.727. The maximum atomic E-state index is 10.9. The summed E-state index contributed by atoms with van der Waals surface area (Å²) in [6.45, 7) is 0. The van der Waals surface area contributed by atoms with Crippen LogP contribution in [0.5, 0.6) is 0 Å². The number of carbonyl (C=O) groups excluding carboxylic acids is 3. The molecule has 0 aromatic carbocycles. The number of esters is 2. The Hall–Kier alpha value is -1.39. The molecule has 0 aliphatic heterocycles. The van der Waals surface area contributed by atoms with Crippen LogP contribution in [0.3, 0.4) is 0 Å². The van der Waals surface area contributed by atoms with Gasteiger partial charge in [-0.3, -0.25) is 9.59 Å². The monoisotopic (exact) mass is 230 g/mol. The number of unbranched alkanes of at least 4 members (excludes halogenated alkanes) is 1. The first-order valence-electron chi connectivity index (χ1n) is 5.23. The lowest BCUT2D eigenvalue weighted by Crippen LogP contribution is -2.11. The van der Waals surface area contributed by atoms with Crippen molar-refractivity contribution >= 4 is 18.2 Å². The lowest BCUT2D eigenvalue weighted by Gasteiger charge is -2.07. The van der Waals surface area contributed by atoms with Gasteiger partial charge in [-0.2, -0.15) is 0 Å². The molecule has 5 nitrogen and oxygen atoms in total. The Balaban J connectivity index is 3.67. The first kappa shape index (κ1) is 14.6. The van der Waals surface area contributed by atoms with Crippen molar-refractivity contribution in [2.45, 2.75) is 32.1 Å². The molecule has 16 heavy (non-hydrogen) atoms. The third kappa shape index (κ3) is 6.98. The van der Waals surface area contributed by atoms with Gasteiger partial charge in [-0.05, 0) is 12.8 Å². The molecule has 92 valence electrons. The Morgan fingerprint density at radius 3 is 2.25 bits per heavy atom. The predicted molar refractivity (Wildman–Crippen MR) is 56.7 cm³/mol. The molecule has 0 radical (unpaired) electrons. The van der Waals surface area contributed by atoms with Crippen molar-refractivity contribution in [2.75, 3.05) is 14.2 Å². The van der Waals surface area contributed by atoms with Gasteiger partial charge in [0.15, 0.2) is 0 Å². The highest BCUT2D eigenvalue weighted by Crippen LogP contribution is 2.12. The van der Waals surface area contributed by atoms with Crippen LogP contribution in [0.15, 0.2) is 0 Å². The van der Waals surface area contributed by atoms with Crippen molar-refractivity contribution in [3.8, 4) is 0 Å². The number of methoxy groups -OCH3 is 2. The van der Waals surface area contributed by atoms with Gasteiger partial charge in [0.25, 0.3) is 0 Å². The molecule has 0 aliphatic carbocycles. The van der Waals surface area contributed by atoms with Gasteiger partial charge in [-0.1, -0.05) is 6.42 Å². The summed E-state index contributed by atoms with van der Waals surface area (Å²) in [5.74, 6) is -0.953. The van der Waals surface area contributed by atoms with E-state index in [4.69, 9.17) is 0 Å². The van der Waals surface area contributed by atoms with Crippen molar-refractivity contribution in [1.82, 2.24) is 0 Å². The molecule has 0 spiro atoms. The second-order valence-electron chi connectivity index (χ2n) is 3.50. The summed E-state index contributed by atoms with van der Waals surface area (Å²) in [5.41, 5.74) is 0. The van der Waals surface area contributed by atoms with Gasteiger partial charge in [-0.15, -0.1) is 0 Å². The van der Waals surface area contributed by atoms with Crippen molar-refractivity contribution in [3.63, 3.8) is 0 Å². The molecule has 0 saturated heterocycles. The topological polar surface area (TPSA) is 69.7 Å². The van der Waals surface area contributed by atoms with Gasteiger partial charge in [0.2, 0.25) is 0 Å². The van der Waals surface area contributed by atoms with Crippen LogP contribution < -0.4 is 0 Å². The van der Waals surface area contributed by atoms with Crippen LogP contribution in [0.2, 0.25) is 0 Å². The van der Waals surface area contributed by atoms with E-state index in [0.29, 0.717) is 19.3 Å². The highest BCUT2D eigenvalue weighted by atomic mass is 16.5. The summed E-state index contributed by atoms with van der Waals surface area (Å²) >= 11 is 0. The minimum Gasteiger partial charge on any atom is -0.469 e. The number of aldehydes is 1. The standard InChI is InChI=1S/C11H18O5/c1-15-10(13)6-4-3-5-9(8-12)7-11(14)16-2/h8-9H,3-7H2,1-2H3. The largest absolute Gasteiger partial charge is 0.469 e. The number of hydrogen-bond acceptors (Lipinski definition) is 5. The van der Waals surface area contributed by atoms with Crippen LogP contribution in [0.25, 0.3) is 0 Å². The highest BCUT2D eigenvalue weighted by molar-refractivity contribution is 5.73. The molecular formula is C11H18O5. The van der Waals surface area contributed by atoms with Crippen LogP contribution in [0, 0.1) is 5.92 Å². The van der Waals surface area contributed by atoms with Crippen LogP contribution in [-0.2, 0) is 23.9 Å². The van der Waals surface area contributed by atoms with E-state index in [-0.39, 0.29) is 24.3 Å². The molecule has 1 unspecified atom stereocenters. The first-order valence-corrected chi connectivity index (χ1v) is 5.23. The van der Waals surface area contributed by atoms with E-state index in [2.05, 4.69) is 9.47 Å². The minimum atomic E-state index is -0.384. The molecule has 1 atom stereocenters. The second-order valence-corrected chi connectivity index (χ2v) is 3.50. The van der Waals surface area contributed by atoms with Crippen molar-refractivity contribution < 1.29 is 23.9 Å². The molecule has 0 bridgehead atoms. The number of ether oxygens (including phenoxy) is 2. The minimum absolute atomic E-state index is 0.109. The van der Waals surface area contributed by atoms with Crippen LogP contribution in [0.4, 0.5) is 0 Å². The lowest BCUT2D eigenvalue weighted by atomic mass is 9.99. The summed E-state index contributed by atoms with van der Waals surface area (Å²) in [4.78, 5) is 32.3. The quantitative estimate of drug-likeness (QED) is 0.355. The van der Waals surface area contributed by atoms with E-state index >= 15 is 0 Å². The van der Waals surface area contributed by atoms with E-state index in [9.17, 15) is 14.4 Å². The number of hydrogen-bond donors (Lipinski definition) is 0. The van der Waals surface area contributed by atoms with Gasteiger partial charge in [-0.25, -0.2) is 0 Å². The van der Waals surface area contributed by atoms with Crippen LogP contribution in [0.1, 0.15) is 32.1 Å². The summed E-state index contributed by atoms with van der Waals surface area (Å²) < 4.78 is 8.96. The molecular weight excluding hydrogens is 212 g/mol. The van der Waals surface area contributed by atoms with Gasteiger partial charge >= 0.3 is 11.9 Å². The molecule has 0 aromatic rings. The van der Waals surface area contributed by atoms with E-state index in [1.807, 2.05) is 0 Å². The van der Waals surface area contributed by atoms with Crippen molar-refractivity contribution in [3.05, 3.63) is 0 Å². The molecule has 0 amide bonds. The smallest absolute Gasteiger partial charge is 0.306 e. The maximum Gasteiger partial charge on any atom is 0.306 e. The average molecular weight is 230 g/mol. The van der Waals surface area contributed by atoms with Gasteiger partial charge in [0.1, 0.15) is 6.29 Å². The molecule has 0 rings (SSSR count). The van der Waals surface area contributed by atoms with Gasteiger partial charge < -0.3 is 14.3 Å². The van der Waals surface area contributed by atoms with Crippen molar-refractivity contribution in [2.24, 2.45) is 5.92 Å². The summed E-state index contributed by atoms with van der Waals surface area (Å²) in [7, 11) is 2.63. The Morgan fingerprint density at radius 2 is 1.75 bits per heavy atom. The zero-order chi connectivity index (χ0) is 12.4. The average Bonchev–Trinajstić information content (AvgIpc) is 2.32. The zero-order valence-corrected chi connectivity index (χ0v) is 9.73. The second kappa shape index (κ2) is 8.88. The lowest BCUT2D eigenvalue weighted by molar-refractivity contribution is -0.143. The fourth-order valence-corrected chi connectivity index (χ4v) is 1.29. The Labute approximate surface area is 95.1 Å². The van der Waals surface area contributed by atoms with E-state index < -0.39 is 0 Å². The number of carbonyl (C=O) groups is 3. The fourth-order valence-electron chi connectivity index (χ4n) is 1.29. The molecule has 0 heterocycles. The maximum absolute atomic E-state index is 10.9. The Kier molecular flexibility index (Phi) is 8.11. The van der Waals surface area contributed by atoms with Gasteiger partial charge in [0, 0.05) is 12.3 Å². The molecule has 0 fully saturated rings. The molecule has 0 aromatic heterocycles. The zero-order valence-electron chi connectivity index (χ0n) is 9.73. The SMILES string of the molecule is COC(=O)CCCCC(C=O)CC(=O)OC. The Morgan fingerprint density at radius 1 is 1.12 bits per heavy atom. The summed E-state index contributed by atoms with van der Waals surface area (Å²) in [6.07, 6.45) is 3.19. The number of rotatable bonds is 8. The molecule has 0 aliphatic rings. The van der Waals surface area contributed by atoms with E-state index in [0.717, 1.165) is 12.7 Å². The van der Waals surface area contributed by atoms with E-state index in [1.54, 1.807) is 0 Å². The first-order chi connectivity index (χ1) is 7.63. The highest BCUT2D eigenvalue weighted by Gasteiger charge is 2.13. The third-order valence-corrected chi connectivity index (χ3v) is 2.28. The van der Waals surface area contributed by atoms with Crippen LogP contribution in [-0.4, -0.2) is 32.4 Å². The molecule has 5 heteroatoms. The third-order valence-electron chi connectivity index (χ3n) is 2.28. The molecule has 0 N–H and O–H groups in total.